The number of halogens is 2. The van der Waals surface area contributed by atoms with Crippen molar-refractivity contribution in [2.75, 3.05) is 13.7 Å². The minimum absolute atomic E-state index is 0.0154. The molecular weight excluding hydrogens is 297 g/mol. The van der Waals surface area contributed by atoms with Gasteiger partial charge in [-0.15, -0.1) is 11.6 Å². The number of sulfonamides is 1. The van der Waals surface area contributed by atoms with Crippen LogP contribution in [0.4, 0.5) is 0 Å². The van der Waals surface area contributed by atoms with Gasteiger partial charge in [-0.2, -0.15) is 0 Å². The summed E-state index contributed by atoms with van der Waals surface area (Å²) in [5, 5.41) is 0.309. The summed E-state index contributed by atoms with van der Waals surface area (Å²) in [7, 11) is -2.24. The van der Waals surface area contributed by atoms with Crippen molar-refractivity contribution in [1.82, 2.24) is 4.72 Å². The maximum Gasteiger partial charge on any atom is 0.244 e. The molecule has 0 spiro atoms. The lowest BCUT2D eigenvalue weighted by Crippen LogP contribution is -2.25. The fraction of sp³-hybridized carbons (Fsp3) is 0.455. The van der Waals surface area contributed by atoms with Crippen LogP contribution in [0.5, 0.6) is 5.75 Å². The van der Waals surface area contributed by atoms with Crippen LogP contribution in [0.1, 0.15) is 18.9 Å². The summed E-state index contributed by atoms with van der Waals surface area (Å²) in [6.45, 7) is 2.23. The molecular formula is C11H15Cl2NO3S. The lowest BCUT2D eigenvalue weighted by atomic mass is 10.2. The van der Waals surface area contributed by atoms with Crippen LogP contribution >= 0.6 is 23.2 Å². The normalized spacial score (nSPS) is 11.6. The molecule has 102 valence electrons. The molecule has 0 aliphatic carbocycles. The molecule has 0 atom stereocenters. The van der Waals surface area contributed by atoms with Crippen molar-refractivity contribution in [3.8, 4) is 5.75 Å². The second-order valence-electron chi connectivity index (χ2n) is 3.63. The molecule has 1 rings (SSSR count). The first kappa shape index (κ1) is 15.6. The van der Waals surface area contributed by atoms with E-state index in [0.29, 0.717) is 23.6 Å². The smallest absolute Gasteiger partial charge is 0.244 e. The van der Waals surface area contributed by atoms with Crippen molar-refractivity contribution in [3.05, 3.63) is 22.7 Å². The summed E-state index contributed by atoms with van der Waals surface area (Å²) in [5.74, 6) is 0.359. The van der Waals surface area contributed by atoms with E-state index < -0.39 is 10.0 Å². The van der Waals surface area contributed by atoms with Crippen LogP contribution in [0.15, 0.2) is 17.0 Å². The maximum atomic E-state index is 12.1. The number of methoxy groups -OCH3 is 1. The van der Waals surface area contributed by atoms with Crippen LogP contribution in [0.2, 0.25) is 5.02 Å². The van der Waals surface area contributed by atoms with Gasteiger partial charge in [0.2, 0.25) is 10.0 Å². The van der Waals surface area contributed by atoms with Crippen molar-refractivity contribution in [2.24, 2.45) is 0 Å². The Balaban J connectivity index is 3.34. The summed E-state index contributed by atoms with van der Waals surface area (Å²) < 4.78 is 31.8. The van der Waals surface area contributed by atoms with Gasteiger partial charge in [-0.25, -0.2) is 13.1 Å². The third-order valence-electron chi connectivity index (χ3n) is 2.28. The Bertz CT molecular complexity index is 517. The van der Waals surface area contributed by atoms with Crippen molar-refractivity contribution < 1.29 is 13.2 Å². The van der Waals surface area contributed by atoms with Crippen LogP contribution in [-0.2, 0) is 15.9 Å². The molecule has 1 N–H and O–H groups in total. The van der Waals surface area contributed by atoms with Crippen LogP contribution in [0.25, 0.3) is 0 Å². The Morgan fingerprint density at radius 2 is 2.06 bits per heavy atom. The molecule has 0 bridgehead atoms. The molecule has 0 fully saturated rings. The first-order chi connectivity index (χ1) is 8.46. The van der Waals surface area contributed by atoms with Crippen LogP contribution in [-0.4, -0.2) is 22.1 Å². The Morgan fingerprint density at radius 1 is 1.39 bits per heavy atom. The monoisotopic (exact) mass is 311 g/mol. The third-order valence-corrected chi connectivity index (χ3v) is 4.25. The minimum atomic E-state index is -3.64. The van der Waals surface area contributed by atoms with Gasteiger partial charge in [-0.1, -0.05) is 18.5 Å². The average Bonchev–Trinajstić information content (AvgIpc) is 2.35. The lowest BCUT2D eigenvalue weighted by Gasteiger charge is -2.13. The predicted octanol–water partition coefficient (Wildman–Crippen LogP) is 2.78. The Labute approximate surface area is 117 Å². The second-order valence-corrected chi connectivity index (χ2v) is 6.07. The third kappa shape index (κ3) is 3.51. The van der Waals surface area contributed by atoms with Crippen molar-refractivity contribution in [2.45, 2.75) is 24.1 Å². The van der Waals surface area contributed by atoms with Crippen LogP contribution < -0.4 is 9.46 Å². The highest BCUT2D eigenvalue weighted by Gasteiger charge is 2.22. The van der Waals surface area contributed by atoms with Gasteiger partial charge in [0.15, 0.2) is 0 Å². The summed E-state index contributed by atoms with van der Waals surface area (Å²) in [5.41, 5.74) is 0.545. The summed E-state index contributed by atoms with van der Waals surface area (Å²) in [4.78, 5) is 0.0154. The van der Waals surface area contributed by atoms with Gasteiger partial charge < -0.3 is 4.74 Å². The lowest BCUT2D eigenvalue weighted by molar-refractivity contribution is 0.398. The summed E-state index contributed by atoms with van der Waals surface area (Å²) >= 11 is 11.6. The number of benzene rings is 1. The highest BCUT2D eigenvalue weighted by Crippen LogP contribution is 2.32. The number of hydrogen-bond donors (Lipinski definition) is 1. The van der Waals surface area contributed by atoms with E-state index >= 15 is 0 Å². The first-order valence-electron chi connectivity index (χ1n) is 5.38. The van der Waals surface area contributed by atoms with E-state index in [4.69, 9.17) is 27.9 Å². The molecule has 0 saturated heterocycles. The molecule has 4 nitrogen and oxygen atoms in total. The average molecular weight is 312 g/mol. The van der Waals surface area contributed by atoms with Gasteiger partial charge in [-0.05, 0) is 18.6 Å². The molecule has 18 heavy (non-hydrogen) atoms. The van der Waals surface area contributed by atoms with Crippen molar-refractivity contribution in [1.29, 1.82) is 0 Å². The number of alkyl halides is 1. The molecule has 0 aliphatic heterocycles. The molecule has 0 radical (unpaired) electrons. The van der Waals surface area contributed by atoms with E-state index in [9.17, 15) is 8.42 Å². The first-order valence-corrected chi connectivity index (χ1v) is 7.77. The maximum absolute atomic E-state index is 12.1. The molecule has 7 heteroatoms. The molecule has 1 aromatic carbocycles. The Kier molecular flexibility index (Phi) is 5.72. The largest absolute Gasteiger partial charge is 0.495 e. The van der Waals surface area contributed by atoms with Gasteiger partial charge in [0.05, 0.1) is 13.0 Å². The highest BCUT2D eigenvalue weighted by atomic mass is 35.5. The van der Waals surface area contributed by atoms with Crippen LogP contribution in [0, 0.1) is 0 Å². The minimum Gasteiger partial charge on any atom is -0.495 e. The van der Waals surface area contributed by atoms with E-state index in [1.54, 1.807) is 6.07 Å². The van der Waals surface area contributed by atoms with E-state index in [1.807, 2.05) is 6.92 Å². The molecule has 0 aliphatic rings. The van der Waals surface area contributed by atoms with E-state index in [1.165, 1.54) is 13.2 Å². The fourth-order valence-corrected chi connectivity index (χ4v) is 3.34. The molecule has 0 aromatic heterocycles. The zero-order valence-electron chi connectivity index (χ0n) is 10.2. The van der Waals surface area contributed by atoms with Gasteiger partial charge in [-0.3, -0.25) is 0 Å². The van der Waals surface area contributed by atoms with Gasteiger partial charge in [0.1, 0.15) is 10.6 Å². The van der Waals surface area contributed by atoms with Crippen molar-refractivity contribution in [3.63, 3.8) is 0 Å². The summed E-state index contributed by atoms with van der Waals surface area (Å²) in [6, 6.07) is 2.95. The quantitative estimate of drug-likeness (QED) is 0.822. The second kappa shape index (κ2) is 6.61. The highest BCUT2D eigenvalue weighted by molar-refractivity contribution is 7.89. The van der Waals surface area contributed by atoms with E-state index in [0.717, 1.165) is 0 Å². The number of ether oxygens (including phenoxy) is 1. The Morgan fingerprint density at radius 3 is 2.56 bits per heavy atom. The van der Waals surface area contributed by atoms with Crippen LogP contribution in [0.3, 0.4) is 0 Å². The Hall–Kier alpha value is -0.490. The molecule has 0 unspecified atom stereocenters. The fourth-order valence-electron chi connectivity index (χ4n) is 1.47. The standard InChI is InChI=1S/C11H15Cl2NO3S/c1-3-4-14-18(15,16)10-6-9(13)5-8(7-12)11(10)17-2/h5-6,14H,3-4,7H2,1-2H3. The molecule has 1 aromatic rings. The van der Waals surface area contributed by atoms with E-state index in [2.05, 4.69) is 4.72 Å². The van der Waals surface area contributed by atoms with E-state index in [-0.39, 0.29) is 16.5 Å². The van der Waals surface area contributed by atoms with Gasteiger partial charge in [0, 0.05) is 17.1 Å². The van der Waals surface area contributed by atoms with Crippen molar-refractivity contribution >= 4 is 33.2 Å². The van der Waals surface area contributed by atoms with Gasteiger partial charge in [0.25, 0.3) is 0 Å². The topological polar surface area (TPSA) is 55.4 Å². The molecule has 0 amide bonds. The zero-order chi connectivity index (χ0) is 13.8. The van der Waals surface area contributed by atoms with Gasteiger partial charge >= 0.3 is 0 Å². The molecule has 0 saturated carbocycles. The number of hydrogen-bond acceptors (Lipinski definition) is 3. The number of nitrogens with one attached hydrogen (secondary N) is 1. The zero-order valence-corrected chi connectivity index (χ0v) is 12.5. The predicted molar refractivity (Wildman–Crippen MR) is 73.0 cm³/mol. The summed E-state index contributed by atoms with van der Waals surface area (Å²) in [6.07, 6.45) is 0.699. The number of rotatable bonds is 6. The molecule has 0 heterocycles. The SMILES string of the molecule is CCCNS(=O)(=O)c1cc(Cl)cc(CCl)c1OC.